The van der Waals surface area contributed by atoms with E-state index in [9.17, 15) is 9.59 Å². The average Bonchev–Trinajstić information content (AvgIpc) is 2.70. The van der Waals surface area contributed by atoms with Crippen molar-refractivity contribution in [1.29, 1.82) is 0 Å². The standard InChI is InChI=1S/C22H27N3O2.ClH/c1-16(17-11-13-23-14-12-17)15-21(26)24-20-9-7-18(8-10-20)22(27)25-19-5-3-2-4-6-19;/h2-10,16-17,23H,11-15H2,1H3,(H,24,26)(H,25,27);1H. The fourth-order valence-corrected chi connectivity index (χ4v) is 3.51. The van der Waals surface area contributed by atoms with Crippen LogP contribution < -0.4 is 16.0 Å². The zero-order valence-electron chi connectivity index (χ0n) is 16.1. The number of piperidine rings is 1. The van der Waals surface area contributed by atoms with Gasteiger partial charge < -0.3 is 16.0 Å². The molecule has 1 saturated heterocycles. The maximum absolute atomic E-state index is 12.3. The second-order valence-corrected chi connectivity index (χ2v) is 7.21. The van der Waals surface area contributed by atoms with Crippen molar-refractivity contribution in [3.63, 3.8) is 0 Å². The molecule has 3 N–H and O–H groups in total. The first-order chi connectivity index (χ1) is 13.1. The van der Waals surface area contributed by atoms with Gasteiger partial charge in [0.1, 0.15) is 0 Å². The quantitative estimate of drug-likeness (QED) is 0.674. The second-order valence-electron chi connectivity index (χ2n) is 7.21. The number of nitrogens with one attached hydrogen (secondary N) is 3. The molecule has 0 aromatic heterocycles. The zero-order valence-corrected chi connectivity index (χ0v) is 16.9. The summed E-state index contributed by atoms with van der Waals surface area (Å²) in [6, 6.07) is 16.3. The summed E-state index contributed by atoms with van der Waals surface area (Å²) >= 11 is 0. The Balaban J connectivity index is 0.00000280. The van der Waals surface area contributed by atoms with Crippen molar-refractivity contribution in [2.75, 3.05) is 23.7 Å². The molecular formula is C22H28ClN3O2. The van der Waals surface area contributed by atoms with Crippen LogP contribution in [0.3, 0.4) is 0 Å². The van der Waals surface area contributed by atoms with E-state index in [1.54, 1.807) is 24.3 Å². The van der Waals surface area contributed by atoms with Crippen molar-refractivity contribution in [2.45, 2.75) is 26.2 Å². The van der Waals surface area contributed by atoms with E-state index in [0.29, 0.717) is 29.5 Å². The van der Waals surface area contributed by atoms with E-state index in [1.807, 2.05) is 30.3 Å². The largest absolute Gasteiger partial charge is 0.326 e. The average molecular weight is 402 g/mol. The van der Waals surface area contributed by atoms with Crippen molar-refractivity contribution in [3.05, 3.63) is 60.2 Å². The van der Waals surface area contributed by atoms with Crippen LogP contribution in [0.2, 0.25) is 0 Å². The Morgan fingerprint density at radius 2 is 1.57 bits per heavy atom. The van der Waals surface area contributed by atoms with Gasteiger partial charge in [0.2, 0.25) is 5.91 Å². The van der Waals surface area contributed by atoms with E-state index in [1.165, 1.54) is 0 Å². The first-order valence-electron chi connectivity index (χ1n) is 9.59. The molecule has 0 bridgehead atoms. The normalized spacial score (nSPS) is 15.2. The highest BCUT2D eigenvalue weighted by Crippen LogP contribution is 2.24. The van der Waals surface area contributed by atoms with Crippen LogP contribution in [-0.4, -0.2) is 24.9 Å². The number of hydrogen-bond donors (Lipinski definition) is 3. The van der Waals surface area contributed by atoms with E-state index in [4.69, 9.17) is 0 Å². The number of rotatable bonds is 6. The summed E-state index contributed by atoms with van der Waals surface area (Å²) in [5, 5.41) is 9.15. The molecule has 2 amide bonds. The van der Waals surface area contributed by atoms with Gasteiger partial charge in [-0.2, -0.15) is 0 Å². The first kappa shape index (κ1) is 21.9. The molecule has 150 valence electrons. The number of halogens is 1. The monoisotopic (exact) mass is 401 g/mol. The number of amides is 2. The Hall–Kier alpha value is -2.37. The lowest BCUT2D eigenvalue weighted by atomic mass is 9.84. The Morgan fingerprint density at radius 1 is 0.964 bits per heavy atom. The summed E-state index contributed by atoms with van der Waals surface area (Å²) in [6.07, 6.45) is 2.81. The van der Waals surface area contributed by atoms with Crippen LogP contribution in [-0.2, 0) is 4.79 Å². The van der Waals surface area contributed by atoms with E-state index < -0.39 is 0 Å². The van der Waals surface area contributed by atoms with Crippen LogP contribution in [0.25, 0.3) is 0 Å². The highest BCUT2D eigenvalue weighted by Gasteiger charge is 2.22. The number of para-hydroxylation sites is 1. The minimum Gasteiger partial charge on any atom is -0.326 e. The lowest BCUT2D eigenvalue weighted by Gasteiger charge is -2.27. The maximum Gasteiger partial charge on any atom is 0.255 e. The first-order valence-corrected chi connectivity index (χ1v) is 9.59. The number of anilines is 2. The highest BCUT2D eigenvalue weighted by molar-refractivity contribution is 6.04. The van der Waals surface area contributed by atoms with Crippen LogP contribution in [0.15, 0.2) is 54.6 Å². The van der Waals surface area contributed by atoms with Crippen LogP contribution in [0, 0.1) is 11.8 Å². The molecule has 0 aliphatic carbocycles. The Morgan fingerprint density at radius 3 is 2.21 bits per heavy atom. The smallest absolute Gasteiger partial charge is 0.255 e. The number of hydrogen-bond acceptors (Lipinski definition) is 3. The molecule has 1 aliphatic heterocycles. The minimum atomic E-state index is -0.168. The molecule has 1 atom stereocenters. The van der Waals surface area contributed by atoms with Crippen molar-refractivity contribution in [2.24, 2.45) is 11.8 Å². The molecule has 28 heavy (non-hydrogen) atoms. The summed E-state index contributed by atoms with van der Waals surface area (Å²) in [5.41, 5.74) is 2.03. The molecule has 5 nitrogen and oxygen atoms in total. The van der Waals surface area contributed by atoms with Gasteiger partial charge in [-0.25, -0.2) is 0 Å². The molecule has 2 aromatic rings. The predicted octanol–water partition coefficient (Wildman–Crippen LogP) is 4.33. The molecule has 0 spiro atoms. The van der Waals surface area contributed by atoms with Gasteiger partial charge in [-0.05, 0) is 74.2 Å². The Bertz CT molecular complexity index is 759. The Labute approximate surface area is 172 Å². The van der Waals surface area contributed by atoms with Gasteiger partial charge in [-0.15, -0.1) is 12.4 Å². The molecule has 3 rings (SSSR count). The van der Waals surface area contributed by atoms with Gasteiger partial charge in [0, 0.05) is 23.4 Å². The Kier molecular flexibility index (Phi) is 8.48. The molecule has 1 heterocycles. The van der Waals surface area contributed by atoms with E-state index in [0.717, 1.165) is 31.6 Å². The summed E-state index contributed by atoms with van der Waals surface area (Å²) in [4.78, 5) is 24.6. The third-order valence-electron chi connectivity index (χ3n) is 5.16. The lowest BCUT2D eigenvalue weighted by molar-refractivity contribution is -0.117. The van der Waals surface area contributed by atoms with E-state index in [-0.39, 0.29) is 24.2 Å². The fourth-order valence-electron chi connectivity index (χ4n) is 3.51. The van der Waals surface area contributed by atoms with Crippen LogP contribution >= 0.6 is 12.4 Å². The zero-order chi connectivity index (χ0) is 19.1. The molecule has 2 aromatic carbocycles. The maximum atomic E-state index is 12.3. The fraction of sp³-hybridized carbons (Fsp3) is 0.364. The molecule has 0 radical (unpaired) electrons. The predicted molar refractivity (Wildman–Crippen MR) is 116 cm³/mol. The van der Waals surface area contributed by atoms with Crippen LogP contribution in [0.4, 0.5) is 11.4 Å². The topological polar surface area (TPSA) is 70.2 Å². The molecule has 1 fully saturated rings. The number of benzene rings is 2. The lowest BCUT2D eigenvalue weighted by Crippen LogP contribution is -2.32. The molecule has 6 heteroatoms. The van der Waals surface area contributed by atoms with Gasteiger partial charge >= 0.3 is 0 Å². The van der Waals surface area contributed by atoms with Gasteiger partial charge in [-0.1, -0.05) is 25.1 Å². The van der Waals surface area contributed by atoms with Crippen molar-refractivity contribution in [1.82, 2.24) is 5.32 Å². The molecule has 0 saturated carbocycles. The highest BCUT2D eigenvalue weighted by atomic mass is 35.5. The minimum absolute atomic E-state index is 0. The van der Waals surface area contributed by atoms with Crippen molar-refractivity contribution < 1.29 is 9.59 Å². The third kappa shape index (κ3) is 6.36. The summed E-state index contributed by atoms with van der Waals surface area (Å²) < 4.78 is 0. The van der Waals surface area contributed by atoms with Crippen molar-refractivity contribution in [3.8, 4) is 0 Å². The summed E-state index contributed by atoms with van der Waals surface area (Å²) in [6.45, 7) is 4.25. The van der Waals surface area contributed by atoms with Crippen LogP contribution in [0.1, 0.15) is 36.5 Å². The third-order valence-corrected chi connectivity index (χ3v) is 5.16. The SMILES string of the molecule is CC(CC(=O)Nc1ccc(C(=O)Nc2ccccc2)cc1)C1CCNCC1.Cl. The number of carbonyl (C=O) groups excluding carboxylic acids is 2. The summed E-state index contributed by atoms with van der Waals surface area (Å²) in [5.74, 6) is 0.852. The summed E-state index contributed by atoms with van der Waals surface area (Å²) in [7, 11) is 0. The van der Waals surface area contributed by atoms with Gasteiger partial charge in [0.05, 0.1) is 0 Å². The van der Waals surface area contributed by atoms with Gasteiger partial charge in [0.25, 0.3) is 5.91 Å². The molecule has 1 unspecified atom stereocenters. The van der Waals surface area contributed by atoms with Gasteiger partial charge in [-0.3, -0.25) is 9.59 Å². The molecule has 1 aliphatic rings. The second kappa shape index (κ2) is 10.8. The van der Waals surface area contributed by atoms with E-state index >= 15 is 0 Å². The van der Waals surface area contributed by atoms with Crippen LogP contribution in [0.5, 0.6) is 0 Å². The van der Waals surface area contributed by atoms with Crippen molar-refractivity contribution >= 4 is 35.6 Å². The van der Waals surface area contributed by atoms with Gasteiger partial charge in [0.15, 0.2) is 0 Å². The number of carbonyl (C=O) groups is 2. The van der Waals surface area contributed by atoms with E-state index in [2.05, 4.69) is 22.9 Å². The molecular weight excluding hydrogens is 374 g/mol.